The zero-order valence-electron chi connectivity index (χ0n) is 15.3. The number of thioether (sulfide) groups is 1. The largest absolute Gasteiger partial charge is 0.457 e. The van der Waals surface area contributed by atoms with Crippen LogP contribution in [0.3, 0.4) is 0 Å². The maximum atomic E-state index is 12.4. The zero-order valence-corrected chi connectivity index (χ0v) is 18.5. The van der Waals surface area contributed by atoms with Gasteiger partial charge in [0.25, 0.3) is 0 Å². The molecule has 29 heavy (non-hydrogen) atoms. The van der Waals surface area contributed by atoms with Crippen LogP contribution in [0, 0.1) is 0 Å². The van der Waals surface area contributed by atoms with Gasteiger partial charge in [0.05, 0.1) is 4.90 Å². The van der Waals surface area contributed by atoms with Crippen molar-refractivity contribution in [2.45, 2.75) is 10.6 Å². The highest BCUT2D eigenvalue weighted by molar-refractivity contribution is 7.98. The van der Waals surface area contributed by atoms with Gasteiger partial charge < -0.3 is 4.74 Å². The molecule has 0 aliphatic rings. The van der Waals surface area contributed by atoms with Crippen LogP contribution in [0.15, 0.2) is 77.7 Å². The molecule has 8 heteroatoms. The normalized spacial score (nSPS) is 11.4. The fourth-order valence-corrected chi connectivity index (χ4v) is 5.24. The molecule has 0 unspecified atom stereocenters. The molecule has 4 nitrogen and oxygen atoms in total. The van der Waals surface area contributed by atoms with Crippen LogP contribution in [0.1, 0.15) is 5.56 Å². The van der Waals surface area contributed by atoms with Gasteiger partial charge in [-0.3, -0.25) is 0 Å². The van der Waals surface area contributed by atoms with Gasteiger partial charge in [-0.1, -0.05) is 47.5 Å². The summed E-state index contributed by atoms with van der Waals surface area (Å²) < 4.78 is 33.2. The highest BCUT2D eigenvalue weighted by Crippen LogP contribution is 2.28. The van der Waals surface area contributed by atoms with Crippen LogP contribution in [-0.2, 0) is 15.8 Å². The second-order valence-corrected chi connectivity index (χ2v) is 9.72. The van der Waals surface area contributed by atoms with E-state index in [0.29, 0.717) is 39.6 Å². The van der Waals surface area contributed by atoms with Crippen molar-refractivity contribution < 1.29 is 13.2 Å². The predicted octanol–water partition coefficient (Wildman–Crippen LogP) is 6.00. The highest BCUT2D eigenvalue weighted by Gasteiger charge is 2.13. The molecule has 0 saturated carbocycles. The average molecular weight is 468 g/mol. The number of benzene rings is 3. The minimum absolute atomic E-state index is 0.192. The van der Waals surface area contributed by atoms with E-state index in [0.717, 1.165) is 5.56 Å². The lowest BCUT2D eigenvalue weighted by Gasteiger charge is -2.09. The Morgan fingerprint density at radius 3 is 2.10 bits per heavy atom. The fraction of sp³-hybridized carbons (Fsp3) is 0.143. The van der Waals surface area contributed by atoms with Crippen molar-refractivity contribution in [1.29, 1.82) is 0 Å². The molecule has 0 atom stereocenters. The number of para-hydroxylation sites is 1. The van der Waals surface area contributed by atoms with Crippen LogP contribution in [0.5, 0.6) is 11.5 Å². The van der Waals surface area contributed by atoms with Gasteiger partial charge in [-0.2, -0.15) is 11.8 Å². The first-order valence-corrected chi connectivity index (χ1v) is 12.2. The summed E-state index contributed by atoms with van der Waals surface area (Å²) in [6, 6.07) is 21.0. The molecule has 0 fully saturated rings. The van der Waals surface area contributed by atoms with Crippen LogP contribution in [0.25, 0.3) is 0 Å². The number of rotatable bonds is 9. The molecule has 3 aromatic carbocycles. The third-order valence-electron chi connectivity index (χ3n) is 3.96. The first kappa shape index (κ1) is 22.0. The second-order valence-electron chi connectivity index (χ2n) is 6.04. The predicted molar refractivity (Wildman–Crippen MR) is 121 cm³/mol. The van der Waals surface area contributed by atoms with Crippen molar-refractivity contribution in [2.24, 2.45) is 0 Å². The van der Waals surface area contributed by atoms with E-state index >= 15 is 0 Å². The fourth-order valence-electron chi connectivity index (χ4n) is 2.49. The van der Waals surface area contributed by atoms with E-state index in [-0.39, 0.29) is 4.90 Å². The third kappa shape index (κ3) is 6.39. The van der Waals surface area contributed by atoms with Crippen molar-refractivity contribution in [2.75, 3.05) is 12.3 Å². The topological polar surface area (TPSA) is 55.4 Å². The molecule has 1 N–H and O–H groups in total. The quantitative estimate of drug-likeness (QED) is 0.392. The SMILES string of the molecule is O=S(=O)(NCCSCc1c(Cl)cccc1Cl)c1ccc(Oc2ccccc2)cc1. The first-order chi connectivity index (χ1) is 14.0. The summed E-state index contributed by atoms with van der Waals surface area (Å²) in [5.41, 5.74) is 0.859. The molecule has 152 valence electrons. The van der Waals surface area contributed by atoms with Crippen molar-refractivity contribution >= 4 is 45.0 Å². The maximum absolute atomic E-state index is 12.4. The molecule has 0 amide bonds. The zero-order chi connectivity index (χ0) is 20.7. The molecule has 3 rings (SSSR count). The Kier molecular flexibility index (Phi) is 7.86. The number of halogens is 2. The van der Waals surface area contributed by atoms with Gasteiger partial charge >= 0.3 is 0 Å². The molecule has 0 aliphatic carbocycles. The summed E-state index contributed by atoms with van der Waals surface area (Å²) in [5, 5.41) is 1.23. The minimum Gasteiger partial charge on any atom is -0.457 e. The lowest BCUT2D eigenvalue weighted by atomic mass is 10.2. The number of hydrogen-bond acceptors (Lipinski definition) is 4. The molecule has 0 bridgehead atoms. The molecule has 0 radical (unpaired) electrons. The summed E-state index contributed by atoms with van der Waals surface area (Å²) >= 11 is 13.8. The summed E-state index contributed by atoms with van der Waals surface area (Å²) in [7, 11) is -3.58. The minimum atomic E-state index is -3.58. The Hall–Kier alpha value is -1.70. The number of ether oxygens (including phenoxy) is 1. The standard InChI is InChI=1S/C21H19Cl2NO3S2/c22-20-7-4-8-21(23)19(20)15-28-14-13-24-29(25,26)18-11-9-17(10-12-18)27-16-5-2-1-3-6-16/h1-12,24H,13-15H2. The average Bonchev–Trinajstić information content (AvgIpc) is 2.71. The van der Waals surface area contributed by atoms with Crippen molar-refractivity contribution in [3.63, 3.8) is 0 Å². The molecule has 0 aliphatic heterocycles. The number of hydrogen-bond donors (Lipinski definition) is 1. The van der Waals surface area contributed by atoms with E-state index in [4.69, 9.17) is 27.9 Å². The summed E-state index contributed by atoms with van der Waals surface area (Å²) in [6.07, 6.45) is 0. The monoisotopic (exact) mass is 467 g/mol. The summed E-state index contributed by atoms with van der Waals surface area (Å²) in [5.74, 6) is 2.47. The second kappa shape index (κ2) is 10.4. The molecule has 0 heterocycles. The highest BCUT2D eigenvalue weighted by atomic mass is 35.5. The van der Waals surface area contributed by atoms with E-state index in [1.165, 1.54) is 12.1 Å². The number of sulfonamides is 1. The van der Waals surface area contributed by atoms with E-state index in [1.54, 1.807) is 42.1 Å². The van der Waals surface area contributed by atoms with Crippen molar-refractivity contribution in [1.82, 2.24) is 4.72 Å². The summed E-state index contributed by atoms with van der Waals surface area (Å²) in [4.78, 5) is 0.192. The van der Waals surface area contributed by atoms with Gasteiger partial charge in [0.1, 0.15) is 11.5 Å². The van der Waals surface area contributed by atoms with E-state index in [1.807, 2.05) is 30.3 Å². The van der Waals surface area contributed by atoms with Gasteiger partial charge in [0.15, 0.2) is 0 Å². The van der Waals surface area contributed by atoms with Gasteiger partial charge in [-0.05, 0) is 54.1 Å². The Balaban J connectivity index is 1.49. The van der Waals surface area contributed by atoms with Crippen LogP contribution >= 0.6 is 35.0 Å². The van der Waals surface area contributed by atoms with E-state index < -0.39 is 10.0 Å². The molecule has 0 spiro atoms. The Morgan fingerprint density at radius 1 is 0.828 bits per heavy atom. The summed E-state index contributed by atoms with van der Waals surface area (Å²) in [6.45, 7) is 0.303. The maximum Gasteiger partial charge on any atom is 0.240 e. The van der Waals surface area contributed by atoms with Gasteiger partial charge in [0, 0.05) is 28.1 Å². The number of nitrogens with one attached hydrogen (secondary N) is 1. The van der Waals surface area contributed by atoms with Crippen molar-refractivity contribution in [3.8, 4) is 11.5 Å². The lowest BCUT2D eigenvalue weighted by molar-refractivity contribution is 0.482. The van der Waals surface area contributed by atoms with Gasteiger partial charge in [-0.25, -0.2) is 13.1 Å². The Morgan fingerprint density at radius 2 is 1.45 bits per heavy atom. The molecular formula is C21H19Cl2NO3S2. The van der Waals surface area contributed by atoms with Crippen LogP contribution < -0.4 is 9.46 Å². The lowest BCUT2D eigenvalue weighted by Crippen LogP contribution is -2.26. The molecule has 0 aromatic heterocycles. The van der Waals surface area contributed by atoms with Crippen LogP contribution in [0.4, 0.5) is 0 Å². The molecule has 3 aromatic rings. The third-order valence-corrected chi connectivity index (χ3v) is 7.13. The molecule has 0 saturated heterocycles. The van der Waals surface area contributed by atoms with Gasteiger partial charge in [-0.15, -0.1) is 0 Å². The van der Waals surface area contributed by atoms with Crippen LogP contribution in [-0.4, -0.2) is 20.7 Å². The first-order valence-electron chi connectivity index (χ1n) is 8.79. The van der Waals surface area contributed by atoms with Gasteiger partial charge in [0.2, 0.25) is 10.0 Å². The van der Waals surface area contributed by atoms with Crippen molar-refractivity contribution in [3.05, 3.63) is 88.4 Å². The van der Waals surface area contributed by atoms with Crippen LogP contribution in [0.2, 0.25) is 10.0 Å². The Bertz CT molecular complexity index is 1020. The Labute approximate surface area is 185 Å². The molecular weight excluding hydrogens is 449 g/mol. The smallest absolute Gasteiger partial charge is 0.240 e. The van der Waals surface area contributed by atoms with E-state index in [2.05, 4.69) is 4.72 Å². The van der Waals surface area contributed by atoms with E-state index in [9.17, 15) is 8.42 Å².